The minimum atomic E-state index is 0.00546. The molecule has 2 N–H and O–H groups in total. The number of H-pyrrole nitrogens is 1. The maximum Gasteiger partial charge on any atom is 0.223 e. The summed E-state index contributed by atoms with van der Waals surface area (Å²) in [5, 5.41) is 2.99. The van der Waals surface area contributed by atoms with Crippen molar-refractivity contribution < 1.29 is 4.79 Å². The van der Waals surface area contributed by atoms with Crippen LogP contribution in [0.1, 0.15) is 54.9 Å². The van der Waals surface area contributed by atoms with E-state index in [0.717, 1.165) is 48.0 Å². The third-order valence-electron chi connectivity index (χ3n) is 4.26. The van der Waals surface area contributed by atoms with Gasteiger partial charge in [0.25, 0.3) is 0 Å². The molecule has 1 amide bonds. The fourth-order valence-corrected chi connectivity index (χ4v) is 2.93. The minimum Gasteiger partial charge on any atom is -0.350 e. The zero-order valence-electron chi connectivity index (χ0n) is 13.9. The van der Waals surface area contributed by atoms with E-state index in [1.165, 1.54) is 0 Å². The predicted octanol–water partition coefficient (Wildman–Crippen LogP) is 2.05. The maximum absolute atomic E-state index is 12.4. The zero-order valence-corrected chi connectivity index (χ0v) is 13.9. The van der Waals surface area contributed by atoms with Crippen molar-refractivity contribution in [3.63, 3.8) is 0 Å². The van der Waals surface area contributed by atoms with Gasteiger partial charge in [0, 0.05) is 30.1 Å². The average Bonchev–Trinajstić information content (AvgIpc) is 2.96. The van der Waals surface area contributed by atoms with Gasteiger partial charge in [-0.15, -0.1) is 0 Å². The number of aromatic amines is 1. The summed E-state index contributed by atoms with van der Waals surface area (Å²) < 4.78 is 0. The zero-order chi connectivity index (χ0) is 16.4. The number of hydrogen-bond donors (Lipinski definition) is 2. The van der Waals surface area contributed by atoms with E-state index in [2.05, 4.69) is 39.1 Å². The Bertz CT molecular complexity index is 707. The number of aryl methyl sites for hydroxylation is 2. The molecule has 0 fully saturated rings. The van der Waals surface area contributed by atoms with Crippen molar-refractivity contribution in [3.8, 4) is 0 Å². The molecule has 0 aromatic carbocycles. The quantitative estimate of drug-likeness (QED) is 0.905. The number of nitrogens with one attached hydrogen (secondary N) is 2. The maximum atomic E-state index is 12.4. The standard InChI is InChI=1S/C17H23N5O/c1-10(2)16-21-14-5-4-12(8-15(14)22-16)17(23)19-9-13-6-7-18-11(3)20-13/h6-7,10,12H,4-5,8-9H2,1-3H3,(H,19,23)(H,21,22)/t12-/m1/s1. The van der Waals surface area contributed by atoms with Gasteiger partial charge in [-0.25, -0.2) is 15.0 Å². The van der Waals surface area contributed by atoms with Crippen molar-refractivity contribution in [2.45, 2.75) is 52.5 Å². The number of aromatic nitrogens is 4. The summed E-state index contributed by atoms with van der Waals surface area (Å²) in [5.41, 5.74) is 3.09. The molecule has 1 aliphatic rings. The molecule has 2 heterocycles. The largest absolute Gasteiger partial charge is 0.350 e. The number of carbonyl (C=O) groups excluding carboxylic acids is 1. The minimum absolute atomic E-state index is 0.00546. The number of rotatable bonds is 4. The summed E-state index contributed by atoms with van der Waals surface area (Å²) >= 11 is 0. The first-order chi connectivity index (χ1) is 11.0. The van der Waals surface area contributed by atoms with Gasteiger partial charge in [-0.2, -0.15) is 0 Å². The van der Waals surface area contributed by atoms with E-state index in [-0.39, 0.29) is 11.8 Å². The van der Waals surface area contributed by atoms with Crippen LogP contribution in [-0.4, -0.2) is 25.8 Å². The number of nitrogens with zero attached hydrogens (tertiary/aromatic N) is 3. The monoisotopic (exact) mass is 313 g/mol. The third-order valence-corrected chi connectivity index (χ3v) is 4.26. The lowest BCUT2D eigenvalue weighted by Gasteiger charge is -2.20. The van der Waals surface area contributed by atoms with Gasteiger partial charge < -0.3 is 10.3 Å². The fraction of sp³-hybridized carbons (Fsp3) is 0.529. The van der Waals surface area contributed by atoms with E-state index in [9.17, 15) is 4.79 Å². The van der Waals surface area contributed by atoms with Gasteiger partial charge in [-0.1, -0.05) is 13.8 Å². The summed E-state index contributed by atoms with van der Waals surface area (Å²) in [7, 11) is 0. The average molecular weight is 313 g/mol. The molecule has 2 aromatic heterocycles. The van der Waals surface area contributed by atoms with E-state index >= 15 is 0 Å². The molecule has 0 bridgehead atoms. The smallest absolute Gasteiger partial charge is 0.223 e. The molecule has 23 heavy (non-hydrogen) atoms. The van der Waals surface area contributed by atoms with E-state index < -0.39 is 0 Å². The highest BCUT2D eigenvalue weighted by atomic mass is 16.1. The number of imidazole rings is 1. The molecule has 1 aliphatic carbocycles. The predicted molar refractivity (Wildman–Crippen MR) is 86.8 cm³/mol. The van der Waals surface area contributed by atoms with Crippen LogP contribution < -0.4 is 5.32 Å². The summed E-state index contributed by atoms with van der Waals surface area (Å²) in [4.78, 5) is 28.8. The second-order valence-corrected chi connectivity index (χ2v) is 6.45. The highest BCUT2D eigenvalue weighted by Crippen LogP contribution is 2.26. The van der Waals surface area contributed by atoms with E-state index in [4.69, 9.17) is 0 Å². The first-order valence-electron chi connectivity index (χ1n) is 8.17. The van der Waals surface area contributed by atoms with Crippen molar-refractivity contribution in [3.05, 3.63) is 41.0 Å². The van der Waals surface area contributed by atoms with Gasteiger partial charge in [0.05, 0.1) is 17.9 Å². The second-order valence-electron chi connectivity index (χ2n) is 6.45. The Balaban J connectivity index is 1.60. The molecule has 0 saturated heterocycles. The van der Waals surface area contributed by atoms with Crippen LogP contribution in [0.4, 0.5) is 0 Å². The Hall–Kier alpha value is -2.24. The second kappa shape index (κ2) is 6.48. The van der Waals surface area contributed by atoms with Crippen molar-refractivity contribution in [2.75, 3.05) is 0 Å². The van der Waals surface area contributed by atoms with E-state index in [0.29, 0.717) is 12.5 Å². The molecule has 1 atom stereocenters. The van der Waals surface area contributed by atoms with Crippen LogP contribution in [0.3, 0.4) is 0 Å². The molecule has 3 rings (SSSR count). The van der Waals surface area contributed by atoms with Crippen LogP contribution >= 0.6 is 0 Å². The van der Waals surface area contributed by atoms with Crippen molar-refractivity contribution in [1.29, 1.82) is 0 Å². The Morgan fingerprint density at radius 3 is 3.00 bits per heavy atom. The number of hydrogen-bond acceptors (Lipinski definition) is 4. The Morgan fingerprint density at radius 2 is 2.26 bits per heavy atom. The summed E-state index contributed by atoms with van der Waals surface area (Å²) in [5.74, 6) is 2.22. The summed E-state index contributed by atoms with van der Waals surface area (Å²) in [6.45, 7) is 6.54. The molecular weight excluding hydrogens is 290 g/mol. The number of carbonyl (C=O) groups is 1. The molecule has 0 saturated carbocycles. The summed E-state index contributed by atoms with van der Waals surface area (Å²) in [6.07, 6.45) is 4.17. The van der Waals surface area contributed by atoms with Crippen LogP contribution in [0.15, 0.2) is 12.3 Å². The van der Waals surface area contributed by atoms with Crippen LogP contribution in [0.25, 0.3) is 0 Å². The molecule has 0 aliphatic heterocycles. The normalized spacial score (nSPS) is 17.1. The van der Waals surface area contributed by atoms with Crippen molar-refractivity contribution in [1.82, 2.24) is 25.3 Å². The Labute approximate surface area is 136 Å². The number of amides is 1. The lowest BCUT2D eigenvalue weighted by molar-refractivity contribution is -0.125. The van der Waals surface area contributed by atoms with Crippen LogP contribution in [0.2, 0.25) is 0 Å². The van der Waals surface area contributed by atoms with Gasteiger partial charge in [0.1, 0.15) is 11.6 Å². The topological polar surface area (TPSA) is 83.6 Å². The Morgan fingerprint density at radius 1 is 1.43 bits per heavy atom. The molecular formula is C17H23N5O. The molecule has 0 spiro atoms. The highest BCUT2D eigenvalue weighted by molar-refractivity contribution is 5.79. The van der Waals surface area contributed by atoms with Gasteiger partial charge in [0.15, 0.2) is 0 Å². The molecule has 0 radical (unpaired) electrons. The van der Waals surface area contributed by atoms with Crippen LogP contribution in [0.5, 0.6) is 0 Å². The molecule has 6 heteroatoms. The first-order valence-corrected chi connectivity index (χ1v) is 8.17. The van der Waals surface area contributed by atoms with Gasteiger partial charge >= 0.3 is 0 Å². The third kappa shape index (κ3) is 3.57. The van der Waals surface area contributed by atoms with Crippen molar-refractivity contribution >= 4 is 5.91 Å². The Kier molecular flexibility index (Phi) is 4.41. The van der Waals surface area contributed by atoms with Gasteiger partial charge in [0.2, 0.25) is 5.91 Å². The fourth-order valence-electron chi connectivity index (χ4n) is 2.93. The molecule has 0 unspecified atom stereocenters. The van der Waals surface area contributed by atoms with Crippen LogP contribution in [-0.2, 0) is 24.2 Å². The SMILES string of the molecule is Cc1nccc(CNC(=O)[C@@H]2CCc3nc(C(C)C)[nH]c3C2)n1. The van der Waals surface area contributed by atoms with Crippen LogP contribution in [0, 0.1) is 12.8 Å². The van der Waals surface area contributed by atoms with Gasteiger partial charge in [-0.05, 0) is 25.8 Å². The van der Waals surface area contributed by atoms with E-state index in [1.807, 2.05) is 13.0 Å². The van der Waals surface area contributed by atoms with E-state index in [1.54, 1.807) is 6.20 Å². The molecule has 2 aromatic rings. The number of fused-ring (bicyclic) bond motifs is 1. The highest BCUT2D eigenvalue weighted by Gasteiger charge is 2.27. The molecule has 122 valence electrons. The summed E-state index contributed by atoms with van der Waals surface area (Å²) in [6, 6.07) is 1.83. The lowest BCUT2D eigenvalue weighted by atomic mass is 9.89. The lowest BCUT2D eigenvalue weighted by Crippen LogP contribution is -2.34. The van der Waals surface area contributed by atoms with Gasteiger partial charge in [-0.3, -0.25) is 4.79 Å². The first kappa shape index (κ1) is 15.6. The molecule has 6 nitrogen and oxygen atoms in total. The van der Waals surface area contributed by atoms with Crippen molar-refractivity contribution in [2.24, 2.45) is 5.92 Å².